The highest BCUT2D eigenvalue weighted by Gasteiger charge is 2.47. The Bertz CT molecular complexity index is 853. The molecule has 1 atom stereocenters. The van der Waals surface area contributed by atoms with Crippen molar-refractivity contribution < 1.29 is 18.3 Å². The van der Waals surface area contributed by atoms with Crippen molar-refractivity contribution in [2.45, 2.75) is 49.7 Å². The highest BCUT2D eigenvalue weighted by atomic mass is 35.5. The van der Waals surface area contributed by atoms with Gasteiger partial charge in [0.1, 0.15) is 11.6 Å². The lowest BCUT2D eigenvalue weighted by Gasteiger charge is -2.49. The molecule has 7 heteroatoms. The van der Waals surface area contributed by atoms with Crippen LogP contribution in [-0.4, -0.2) is 37.0 Å². The summed E-state index contributed by atoms with van der Waals surface area (Å²) in [4.78, 5) is 4.45. The standard InChI is InChI=1S/C23H27ClF2N2O2/c24-19-3-1-2-17(21(19)26)14-27-10-6-22(20-5-4-18(25)15-28-20)7-13-30-23(16-22)8-11-29-12-9-23/h1-5,15,27H,6-14,16H2. The van der Waals surface area contributed by atoms with E-state index >= 15 is 0 Å². The van der Waals surface area contributed by atoms with E-state index < -0.39 is 0 Å². The molecular formula is C23H27ClF2N2O2. The number of nitrogens with one attached hydrogen (secondary N) is 1. The molecule has 4 rings (SSSR count). The highest BCUT2D eigenvalue weighted by Crippen LogP contribution is 2.47. The number of hydrogen-bond acceptors (Lipinski definition) is 4. The van der Waals surface area contributed by atoms with Crippen molar-refractivity contribution in [3.8, 4) is 0 Å². The Labute approximate surface area is 180 Å². The fourth-order valence-electron chi connectivity index (χ4n) is 4.77. The maximum absolute atomic E-state index is 14.2. The summed E-state index contributed by atoms with van der Waals surface area (Å²) in [5, 5.41) is 3.48. The number of pyridine rings is 1. The molecular weight excluding hydrogens is 410 g/mol. The summed E-state index contributed by atoms with van der Waals surface area (Å²) in [6, 6.07) is 8.30. The summed E-state index contributed by atoms with van der Waals surface area (Å²) in [5.74, 6) is -0.717. The molecule has 1 spiro atoms. The molecule has 0 aliphatic carbocycles. The number of halogens is 3. The molecule has 2 aliphatic heterocycles. The smallest absolute Gasteiger partial charge is 0.146 e. The van der Waals surface area contributed by atoms with Gasteiger partial charge in [0.25, 0.3) is 0 Å². The largest absolute Gasteiger partial charge is 0.381 e. The molecule has 162 valence electrons. The normalized spacial score (nSPS) is 23.6. The van der Waals surface area contributed by atoms with E-state index in [4.69, 9.17) is 21.1 Å². The Morgan fingerprint density at radius 2 is 1.90 bits per heavy atom. The van der Waals surface area contributed by atoms with Crippen molar-refractivity contribution in [3.63, 3.8) is 0 Å². The van der Waals surface area contributed by atoms with Gasteiger partial charge >= 0.3 is 0 Å². The van der Waals surface area contributed by atoms with Gasteiger partial charge in [-0.15, -0.1) is 0 Å². The third-order valence-corrected chi connectivity index (χ3v) is 6.74. The third kappa shape index (κ3) is 4.67. The van der Waals surface area contributed by atoms with Crippen molar-refractivity contribution in [1.82, 2.24) is 10.3 Å². The average molecular weight is 437 g/mol. The van der Waals surface area contributed by atoms with Crippen LogP contribution in [0.2, 0.25) is 5.02 Å². The molecule has 1 unspecified atom stereocenters. The third-order valence-electron chi connectivity index (χ3n) is 6.45. The second kappa shape index (κ2) is 9.27. The Hall–Kier alpha value is -1.60. The lowest BCUT2D eigenvalue weighted by atomic mass is 9.66. The SMILES string of the molecule is Fc1ccc(C2(CCNCc3cccc(Cl)c3F)CCOC3(CCOCC3)C2)nc1. The van der Waals surface area contributed by atoms with Gasteiger partial charge in [-0.1, -0.05) is 23.7 Å². The first kappa shape index (κ1) is 21.6. The van der Waals surface area contributed by atoms with Crippen molar-refractivity contribution in [1.29, 1.82) is 0 Å². The van der Waals surface area contributed by atoms with Gasteiger partial charge in [-0.25, -0.2) is 8.78 Å². The van der Waals surface area contributed by atoms with Gasteiger partial charge in [-0.05, 0) is 56.8 Å². The highest BCUT2D eigenvalue weighted by molar-refractivity contribution is 6.30. The van der Waals surface area contributed by atoms with Gasteiger partial charge < -0.3 is 14.8 Å². The van der Waals surface area contributed by atoms with Gasteiger partial charge in [0.05, 0.1) is 16.8 Å². The summed E-state index contributed by atoms with van der Waals surface area (Å²) < 4.78 is 39.5. The van der Waals surface area contributed by atoms with Crippen LogP contribution >= 0.6 is 11.6 Å². The summed E-state index contributed by atoms with van der Waals surface area (Å²) in [6.07, 6.45) is 5.46. The quantitative estimate of drug-likeness (QED) is 0.661. The van der Waals surface area contributed by atoms with Crippen LogP contribution in [0.3, 0.4) is 0 Å². The molecule has 0 radical (unpaired) electrons. The predicted octanol–water partition coefficient (Wildman–Crippen LogP) is 4.79. The average Bonchev–Trinajstić information content (AvgIpc) is 2.75. The second-order valence-corrected chi connectivity index (χ2v) is 8.76. The summed E-state index contributed by atoms with van der Waals surface area (Å²) >= 11 is 5.88. The number of hydrogen-bond donors (Lipinski definition) is 1. The molecule has 1 N–H and O–H groups in total. The Balaban J connectivity index is 1.49. The minimum atomic E-state index is -0.381. The number of aromatic nitrogens is 1. The van der Waals surface area contributed by atoms with Gasteiger partial charge in [-0.3, -0.25) is 4.98 Å². The summed E-state index contributed by atoms with van der Waals surface area (Å²) in [5.41, 5.74) is 1.01. The molecule has 1 aromatic heterocycles. The summed E-state index contributed by atoms with van der Waals surface area (Å²) in [6.45, 7) is 3.10. The molecule has 30 heavy (non-hydrogen) atoms. The summed E-state index contributed by atoms with van der Waals surface area (Å²) in [7, 11) is 0. The van der Waals surface area contributed by atoms with E-state index in [2.05, 4.69) is 10.3 Å². The van der Waals surface area contributed by atoms with Crippen LogP contribution in [0.5, 0.6) is 0 Å². The Morgan fingerprint density at radius 1 is 1.07 bits per heavy atom. The number of rotatable bonds is 6. The first-order chi connectivity index (χ1) is 14.5. The molecule has 4 nitrogen and oxygen atoms in total. The lowest BCUT2D eigenvalue weighted by Crippen LogP contribution is -2.51. The van der Waals surface area contributed by atoms with E-state index in [1.165, 1.54) is 12.3 Å². The van der Waals surface area contributed by atoms with Gasteiger partial charge in [0.2, 0.25) is 0 Å². The van der Waals surface area contributed by atoms with Crippen LogP contribution < -0.4 is 5.32 Å². The van der Waals surface area contributed by atoms with Crippen LogP contribution in [0.15, 0.2) is 36.5 Å². The maximum atomic E-state index is 14.2. The topological polar surface area (TPSA) is 43.4 Å². The maximum Gasteiger partial charge on any atom is 0.146 e. The van der Waals surface area contributed by atoms with Gasteiger partial charge in [-0.2, -0.15) is 0 Å². The first-order valence-electron chi connectivity index (χ1n) is 10.5. The van der Waals surface area contributed by atoms with E-state index in [1.54, 1.807) is 24.3 Å². The fourth-order valence-corrected chi connectivity index (χ4v) is 4.96. The van der Waals surface area contributed by atoms with Crippen LogP contribution in [0.4, 0.5) is 8.78 Å². The van der Waals surface area contributed by atoms with E-state index in [-0.39, 0.29) is 27.7 Å². The number of nitrogens with zero attached hydrogens (tertiary/aromatic N) is 1. The van der Waals surface area contributed by atoms with Crippen LogP contribution in [0, 0.1) is 11.6 Å². The van der Waals surface area contributed by atoms with E-state index in [9.17, 15) is 8.78 Å². The van der Waals surface area contributed by atoms with Gasteiger partial charge in [0.15, 0.2) is 0 Å². The van der Waals surface area contributed by atoms with Crippen molar-refractivity contribution in [2.24, 2.45) is 0 Å². The van der Waals surface area contributed by atoms with Crippen molar-refractivity contribution in [3.05, 3.63) is 64.4 Å². The molecule has 0 saturated carbocycles. The van der Waals surface area contributed by atoms with Crippen molar-refractivity contribution in [2.75, 3.05) is 26.4 Å². The predicted molar refractivity (Wildman–Crippen MR) is 112 cm³/mol. The zero-order valence-electron chi connectivity index (χ0n) is 16.9. The fraction of sp³-hybridized carbons (Fsp3) is 0.522. The number of benzene rings is 1. The van der Waals surface area contributed by atoms with Crippen molar-refractivity contribution >= 4 is 11.6 Å². The Kier molecular flexibility index (Phi) is 6.68. The first-order valence-corrected chi connectivity index (χ1v) is 10.9. The Morgan fingerprint density at radius 3 is 2.67 bits per heavy atom. The van der Waals surface area contributed by atoms with E-state index in [0.717, 1.165) is 37.8 Å². The zero-order chi connectivity index (χ0) is 21.0. The minimum absolute atomic E-state index is 0.132. The number of ether oxygens (including phenoxy) is 2. The molecule has 3 heterocycles. The second-order valence-electron chi connectivity index (χ2n) is 8.35. The molecule has 0 amide bonds. The monoisotopic (exact) mass is 436 g/mol. The molecule has 2 fully saturated rings. The molecule has 2 aromatic rings. The molecule has 2 aliphatic rings. The van der Waals surface area contributed by atoms with Crippen LogP contribution in [-0.2, 0) is 21.4 Å². The molecule has 0 bridgehead atoms. The minimum Gasteiger partial charge on any atom is -0.381 e. The molecule has 1 aromatic carbocycles. The molecule has 2 saturated heterocycles. The zero-order valence-corrected chi connectivity index (χ0v) is 17.7. The van der Waals surface area contributed by atoms with E-state index in [1.807, 2.05) is 0 Å². The van der Waals surface area contributed by atoms with Crippen LogP contribution in [0.25, 0.3) is 0 Å². The van der Waals surface area contributed by atoms with E-state index in [0.29, 0.717) is 38.5 Å². The van der Waals surface area contributed by atoms with Gasteiger partial charge in [0, 0.05) is 43.0 Å². The lowest BCUT2D eigenvalue weighted by molar-refractivity contribution is -0.154. The van der Waals surface area contributed by atoms with Crippen LogP contribution in [0.1, 0.15) is 43.4 Å².